The smallest absolute Gasteiger partial charge is 0.258 e. The van der Waals surface area contributed by atoms with Crippen LogP contribution in [0.3, 0.4) is 0 Å². The lowest BCUT2D eigenvalue weighted by Crippen LogP contribution is -2.25. The number of fused-ring (bicyclic) bond motifs is 1. The molecule has 0 bridgehead atoms. The maximum atomic E-state index is 13.9. The normalized spacial score (nSPS) is 16.4. The van der Waals surface area contributed by atoms with E-state index in [-0.39, 0.29) is 23.3 Å². The average molecular weight is 399 g/mol. The predicted octanol–water partition coefficient (Wildman–Crippen LogP) is 1.95. The Balaban J connectivity index is 1.77. The highest BCUT2D eigenvalue weighted by Crippen LogP contribution is 2.39. The van der Waals surface area contributed by atoms with E-state index in [2.05, 4.69) is 25.3 Å². The first-order chi connectivity index (χ1) is 14.0. The Bertz CT molecular complexity index is 1070. The number of carbonyl (C=O) groups is 1. The fraction of sp³-hybridized carbons (Fsp3) is 0.368. The number of rotatable bonds is 5. The van der Waals surface area contributed by atoms with Gasteiger partial charge in [0, 0.05) is 25.4 Å². The van der Waals surface area contributed by atoms with Crippen LogP contribution in [0, 0.1) is 5.82 Å². The Morgan fingerprint density at radius 3 is 3.07 bits per heavy atom. The second kappa shape index (κ2) is 7.53. The maximum absolute atomic E-state index is 13.9. The van der Waals surface area contributed by atoms with Crippen molar-refractivity contribution in [2.24, 2.45) is 0 Å². The number of aromatic nitrogens is 4. The third kappa shape index (κ3) is 3.30. The molecule has 152 valence electrons. The summed E-state index contributed by atoms with van der Waals surface area (Å²) in [6.07, 6.45) is 4.58. The molecule has 0 aliphatic carbocycles. The number of nitrogens with zero attached hydrogens (tertiary/aromatic N) is 5. The van der Waals surface area contributed by atoms with Crippen molar-refractivity contribution < 1.29 is 13.9 Å². The van der Waals surface area contributed by atoms with Gasteiger partial charge in [0.25, 0.3) is 5.91 Å². The molecule has 1 fully saturated rings. The molecule has 9 nitrogen and oxygen atoms in total. The number of halogens is 1. The molecule has 3 aromatic heterocycles. The van der Waals surface area contributed by atoms with Gasteiger partial charge in [-0.25, -0.2) is 18.9 Å². The lowest BCUT2D eigenvalue weighted by Gasteiger charge is -2.27. The zero-order valence-corrected chi connectivity index (χ0v) is 16.2. The molecule has 29 heavy (non-hydrogen) atoms. The van der Waals surface area contributed by atoms with Gasteiger partial charge in [0.05, 0.1) is 18.8 Å². The maximum Gasteiger partial charge on any atom is 0.258 e. The molecule has 1 unspecified atom stereocenters. The molecule has 1 amide bonds. The van der Waals surface area contributed by atoms with Crippen LogP contribution < -0.4 is 20.7 Å². The van der Waals surface area contributed by atoms with Crippen LogP contribution in [0.4, 0.5) is 16.0 Å². The third-order valence-electron chi connectivity index (χ3n) is 4.98. The summed E-state index contributed by atoms with van der Waals surface area (Å²) in [6, 6.07) is 3.13. The largest absolute Gasteiger partial charge is 0.478 e. The van der Waals surface area contributed by atoms with E-state index in [1.165, 1.54) is 17.6 Å². The summed E-state index contributed by atoms with van der Waals surface area (Å²) in [5.41, 5.74) is 7.19. The van der Waals surface area contributed by atoms with Gasteiger partial charge in [-0.05, 0) is 31.9 Å². The summed E-state index contributed by atoms with van der Waals surface area (Å²) >= 11 is 0. The highest BCUT2D eigenvalue weighted by molar-refractivity contribution is 6.04. The van der Waals surface area contributed by atoms with Gasteiger partial charge in [0.1, 0.15) is 17.2 Å². The summed E-state index contributed by atoms with van der Waals surface area (Å²) < 4.78 is 21.0. The van der Waals surface area contributed by atoms with Gasteiger partial charge in [-0.1, -0.05) is 0 Å². The number of carbonyl (C=O) groups excluding carboxylic acids is 1. The van der Waals surface area contributed by atoms with Crippen LogP contribution in [-0.4, -0.2) is 45.7 Å². The molecule has 0 spiro atoms. The van der Waals surface area contributed by atoms with Crippen molar-refractivity contribution in [3.8, 4) is 5.88 Å². The van der Waals surface area contributed by atoms with Gasteiger partial charge in [0.2, 0.25) is 5.88 Å². The first-order valence-electron chi connectivity index (χ1n) is 9.45. The number of anilines is 2. The molecule has 4 heterocycles. The van der Waals surface area contributed by atoms with E-state index in [1.54, 1.807) is 12.3 Å². The van der Waals surface area contributed by atoms with Gasteiger partial charge in [-0.15, -0.1) is 5.10 Å². The molecule has 1 atom stereocenters. The third-order valence-corrected chi connectivity index (χ3v) is 4.98. The summed E-state index contributed by atoms with van der Waals surface area (Å²) in [5, 5.41) is 6.71. The fourth-order valence-corrected chi connectivity index (χ4v) is 3.74. The number of amides is 1. The van der Waals surface area contributed by atoms with Crippen LogP contribution in [0.2, 0.25) is 0 Å². The molecule has 1 saturated heterocycles. The molecule has 0 radical (unpaired) electrons. The zero-order chi connectivity index (χ0) is 20.5. The summed E-state index contributed by atoms with van der Waals surface area (Å²) in [5.74, 6) is 0.417. The molecular weight excluding hydrogens is 377 g/mol. The second-order valence-corrected chi connectivity index (χ2v) is 6.73. The number of nitrogen functional groups attached to an aromatic ring is 1. The number of pyridine rings is 1. The second-order valence-electron chi connectivity index (χ2n) is 6.73. The molecule has 4 rings (SSSR count). The number of nitrogens with one attached hydrogen (secondary N) is 1. The lowest BCUT2D eigenvalue weighted by molar-refractivity contribution is 0.0965. The van der Waals surface area contributed by atoms with Crippen molar-refractivity contribution in [2.75, 3.05) is 30.8 Å². The van der Waals surface area contributed by atoms with Gasteiger partial charge in [0.15, 0.2) is 11.5 Å². The van der Waals surface area contributed by atoms with Gasteiger partial charge in [-0.2, -0.15) is 0 Å². The Kier molecular flexibility index (Phi) is 4.91. The highest BCUT2D eigenvalue weighted by Gasteiger charge is 2.31. The first-order valence-corrected chi connectivity index (χ1v) is 9.45. The SMILES string of the molecule is CCOc1ncc(F)cc1C1CCCN1c1ccn2nc(N)c(C(=O)NC)c2n1. The van der Waals surface area contributed by atoms with Gasteiger partial charge < -0.3 is 20.7 Å². The lowest BCUT2D eigenvalue weighted by atomic mass is 10.1. The molecule has 3 N–H and O–H groups in total. The van der Waals surface area contributed by atoms with Gasteiger partial charge >= 0.3 is 0 Å². The molecule has 0 aromatic carbocycles. The van der Waals surface area contributed by atoms with Crippen molar-refractivity contribution in [1.82, 2.24) is 24.9 Å². The van der Waals surface area contributed by atoms with Gasteiger partial charge in [-0.3, -0.25) is 4.79 Å². The Hall–Kier alpha value is -3.43. The predicted molar refractivity (Wildman–Crippen MR) is 105 cm³/mol. The van der Waals surface area contributed by atoms with E-state index in [0.717, 1.165) is 25.6 Å². The number of hydrogen-bond acceptors (Lipinski definition) is 7. The number of nitrogens with two attached hydrogens (primary N) is 1. The molecular formula is C19H22FN7O2. The van der Waals surface area contributed by atoms with Crippen molar-refractivity contribution in [3.05, 3.63) is 41.5 Å². The quantitative estimate of drug-likeness (QED) is 0.674. The van der Waals surface area contributed by atoms with Crippen molar-refractivity contribution in [2.45, 2.75) is 25.8 Å². The number of ether oxygens (including phenoxy) is 1. The standard InChI is InChI=1S/C19H22FN7O2/c1-3-29-19-12(9-11(20)10-23-19)13-5-4-7-26(13)14-6-8-27-17(24-14)15(16(21)25-27)18(28)22-2/h6,8-10,13H,3-5,7H2,1-2H3,(H2,21,25)(H,22,28). The average Bonchev–Trinajstić information content (AvgIpc) is 3.32. The Labute approximate surface area is 166 Å². The van der Waals surface area contributed by atoms with Crippen molar-refractivity contribution in [3.63, 3.8) is 0 Å². The van der Waals surface area contributed by atoms with Crippen molar-refractivity contribution in [1.29, 1.82) is 0 Å². The van der Waals surface area contributed by atoms with Crippen LogP contribution in [0.25, 0.3) is 5.65 Å². The van der Waals surface area contributed by atoms with Crippen LogP contribution in [0.5, 0.6) is 5.88 Å². The zero-order valence-electron chi connectivity index (χ0n) is 16.2. The van der Waals surface area contributed by atoms with E-state index >= 15 is 0 Å². The van der Waals surface area contributed by atoms with E-state index in [4.69, 9.17) is 10.5 Å². The minimum atomic E-state index is -0.413. The fourth-order valence-electron chi connectivity index (χ4n) is 3.74. The molecule has 1 aliphatic heterocycles. The van der Waals surface area contributed by atoms with Crippen LogP contribution in [0.15, 0.2) is 24.5 Å². The minimum Gasteiger partial charge on any atom is -0.478 e. The van der Waals surface area contributed by atoms with Crippen molar-refractivity contribution >= 4 is 23.2 Å². The summed E-state index contributed by atoms with van der Waals surface area (Å²) in [6.45, 7) is 3.03. The Morgan fingerprint density at radius 1 is 1.48 bits per heavy atom. The minimum absolute atomic E-state index is 0.111. The summed E-state index contributed by atoms with van der Waals surface area (Å²) in [4.78, 5) is 23.0. The highest BCUT2D eigenvalue weighted by atomic mass is 19.1. The van der Waals surface area contributed by atoms with E-state index in [9.17, 15) is 9.18 Å². The van der Waals surface area contributed by atoms with E-state index in [0.29, 0.717) is 29.5 Å². The molecule has 10 heteroatoms. The molecule has 0 saturated carbocycles. The summed E-state index contributed by atoms with van der Waals surface area (Å²) in [7, 11) is 1.53. The number of hydrogen-bond donors (Lipinski definition) is 2. The topological polar surface area (TPSA) is 111 Å². The van der Waals surface area contributed by atoms with Crippen LogP contribution >= 0.6 is 0 Å². The molecule has 1 aliphatic rings. The van der Waals surface area contributed by atoms with Crippen LogP contribution in [-0.2, 0) is 0 Å². The van der Waals surface area contributed by atoms with E-state index < -0.39 is 5.82 Å². The monoisotopic (exact) mass is 399 g/mol. The van der Waals surface area contributed by atoms with Crippen LogP contribution in [0.1, 0.15) is 41.7 Å². The Morgan fingerprint density at radius 2 is 2.31 bits per heavy atom. The first kappa shape index (κ1) is 18.9. The van der Waals surface area contributed by atoms with E-state index in [1.807, 2.05) is 6.92 Å². The molecule has 3 aromatic rings.